The van der Waals surface area contributed by atoms with E-state index < -0.39 is 11.8 Å². The zero-order valence-corrected chi connectivity index (χ0v) is 7.70. The minimum Gasteiger partial charge on any atom is -0.361 e. The van der Waals surface area contributed by atoms with E-state index in [0.717, 1.165) is 12.1 Å². The van der Waals surface area contributed by atoms with Crippen molar-refractivity contribution in [1.29, 1.82) is 0 Å². The maximum absolute atomic E-state index is 10.7. The molecule has 1 aliphatic rings. The smallest absolute Gasteiger partial charge is 0.329 e. The van der Waals surface area contributed by atoms with Gasteiger partial charge in [0.2, 0.25) is 0 Å². The summed E-state index contributed by atoms with van der Waals surface area (Å²) in [5.74, 6) is -0.888. The molecule has 0 saturated heterocycles. The molecule has 72 valence electrons. The van der Waals surface area contributed by atoms with Crippen LogP contribution >= 0.6 is 0 Å². The lowest BCUT2D eigenvalue weighted by molar-refractivity contribution is -0.137. The van der Waals surface area contributed by atoms with Crippen molar-refractivity contribution in [3.8, 4) is 0 Å². The second-order valence-corrected chi connectivity index (χ2v) is 3.38. The summed E-state index contributed by atoms with van der Waals surface area (Å²) in [6.45, 7) is 4.14. The minimum absolute atomic E-state index is 0.383. The number of carbonyl (C=O) groups is 2. The second-order valence-electron chi connectivity index (χ2n) is 3.38. The van der Waals surface area contributed by atoms with E-state index in [1.165, 1.54) is 0 Å². The first kappa shape index (κ1) is 9.70. The van der Waals surface area contributed by atoms with Crippen LogP contribution in [0.25, 0.3) is 0 Å². The van der Waals surface area contributed by atoms with E-state index in [-0.39, 0.29) is 0 Å². The number of hydrogen-bond acceptors (Lipinski definition) is 3. The third-order valence-corrected chi connectivity index (χ3v) is 2.44. The number of nitrogens with one attached hydrogen (secondary N) is 1. The molecule has 1 aliphatic carbocycles. The minimum atomic E-state index is -1.01. The van der Waals surface area contributed by atoms with E-state index in [1.54, 1.807) is 0 Å². The number of nitrogens with zero attached hydrogens (tertiary/aromatic N) is 1. The molecule has 2 unspecified atom stereocenters. The molecule has 0 aromatic heterocycles. The molecule has 3 N–H and O–H groups in total. The monoisotopic (exact) mass is 183 g/mol. The van der Waals surface area contributed by atoms with Crippen molar-refractivity contribution < 1.29 is 9.59 Å². The fourth-order valence-corrected chi connectivity index (χ4v) is 1.19. The molecule has 5 heteroatoms. The molecule has 2 amide bonds. The molecular weight excluding hydrogens is 170 g/mol. The summed E-state index contributed by atoms with van der Waals surface area (Å²) in [5, 5.41) is 3.80. The van der Waals surface area contributed by atoms with Crippen LogP contribution in [0.4, 0.5) is 0 Å². The topological polar surface area (TPSA) is 84.6 Å². The van der Waals surface area contributed by atoms with Gasteiger partial charge in [-0.25, -0.2) is 5.43 Å². The maximum Gasteiger partial charge on any atom is 0.329 e. The van der Waals surface area contributed by atoms with Crippen molar-refractivity contribution in [2.75, 3.05) is 0 Å². The van der Waals surface area contributed by atoms with Gasteiger partial charge in [-0.3, -0.25) is 9.59 Å². The van der Waals surface area contributed by atoms with Crippen LogP contribution in [0.3, 0.4) is 0 Å². The quantitative estimate of drug-likeness (QED) is 0.429. The Morgan fingerprint density at radius 1 is 1.54 bits per heavy atom. The number of primary amides is 1. The molecule has 2 atom stereocenters. The molecule has 0 spiro atoms. The van der Waals surface area contributed by atoms with Crippen molar-refractivity contribution in [2.24, 2.45) is 22.7 Å². The summed E-state index contributed by atoms with van der Waals surface area (Å²) < 4.78 is 0. The van der Waals surface area contributed by atoms with E-state index in [0.29, 0.717) is 11.8 Å². The largest absolute Gasteiger partial charge is 0.361 e. The van der Waals surface area contributed by atoms with Gasteiger partial charge < -0.3 is 5.73 Å². The van der Waals surface area contributed by atoms with Gasteiger partial charge in [0.1, 0.15) is 0 Å². The van der Waals surface area contributed by atoms with Crippen LogP contribution in [-0.4, -0.2) is 17.5 Å². The fourth-order valence-electron chi connectivity index (χ4n) is 1.19. The van der Waals surface area contributed by atoms with Gasteiger partial charge in [0.25, 0.3) is 0 Å². The van der Waals surface area contributed by atoms with Gasteiger partial charge in [-0.05, 0) is 18.3 Å². The molecule has 1 saturated carbocycles. The van der Waals surface area contributed by atoms with Crippen molar-refractivity contribution in [2.45, 2.75) is 20.3 Å². The van der Waals surface area contributed by atoms with E-state index in [1.807, 2.05) is 6.92 Å². The highest BCUT2D eigenvalue weighted by atomic mass is 16.2. The molecule has 1 rings (SSSR count). The number of amides is 2. The van der Waals surface area contributed by atoms with Gasteiger partial charge in [-0.2, -0.15) is 5.10 Å². The van der Waals surface area contributed by atoms with E-state index in [9.17, 15) is 9.59 Å². The molecule has 0 aromatic carbocycles. The molecule has 0 aliphatic heterocycles. The molecule has 5 nitrogen and oxygen atoms in total. The number of hydrazone groups is 1. The third-order valence-electron chi connectivity index (χ3n) is 2.44. The normalized spacial score (nSPS) is 29.5. The molecule has 0 radical (unpaired) electrons. The summed E-state index contributed by atoms with van der Waals surface area (Å²) in [7, 11) is 0. The highest BCUT2D eigenvalue weighted by Gasteiger charge is 2.30. The van der Waals surface area contributed by atoms with Gasteiger partial charge in [0, 0.05) is 5.71 Å². The SMILES string of the molecule is CC1C/C(=N\NC(=O)C(N)=O)C1C. The van der Waals surface area contributed by atoms with Gasteiger partial charge in [0.05, 0.1) is 0 Å². The zero-order chi connectivity index (χ0) is 10.0. The highest BCUT2D eigenvalue weighted by Crippen LogP contribution is 2.30. The van der Waals surface area contributed by atoms with Crippen LogP contribution < -0.4 is 11.2 Å². The average molecular weight is 183 g/mol. The fraction of sp³-hybridized carbons (Fsp3) is 0.625. The van der Waals surface area contributed by atoms with Crippen LogP contribution in [0, 0.1) is 11.8 Å². The predicted molar refractivity (Wildman–Crippen MR) is 47.7 cm³/mol. The molecule has 13 heavy (non-hydrogen) atoms. The second kappa shape index (κ2) is 3.55. The Balaban J connectivity index is 2.42. The zero-order valence-electron chi connectivity index (χ0n) is 7.70. The summed E-state index contributed by atoms with van der Waals surface area (Å²) >= 11 is 0. The van der Waals surface area contributed by atoms with Crippen LogP contribution in [0.2, 0.25) is 0 Å². The molecule has 0 heterocycles. The molecule has 0 aromatic rings. The summed E-state index contributed by atoms with van der Waals surface area (Å²) in [6, 6.07) is 0. The molecule has 0 bridgehead atoms. The summed E-state index contributed by atoms with van der Waals surface area (Å²) in [6.07, 6.45) is 0.875. The van der Waals surface area contributed by atoms with Crippen LogP contribution in [0.15, 0.2) is 5.10 Å². The summed E-state index contributed by atoms with van der Waals surface area (Å²) in [5.41, 5.74) is 7.75. The van der Waals surface area contributed by atoms with E-state index in [4.69, 9.17) is 5.73 Å². The Labute approximate surface area is 76.4 Å². The van der Waals surface area contributed by atoms with Gasteiger partial charge in [-0.1, -0.05) is 13.8 Å². The Hall–Kier alpha value is -1.39. The van der Waals surface area contributed by atoms with Gasteiger partial charge in [-0.15, -0.1) is 0 Å². The number of rotatable bonds is 1. The first-order chi connectivity index (χ1) is 6.02. The van der Waals surface area contributed by atoms with Crippen molar-refractivity contribution >= 4 is 17.5 Å². The van der Waals surface area contributed by atoms with Crippen LogP contribution in [-0.2, 0) is 9.59 Å². The van der Waals surface area contributed by atoms with Crippen LogP contribution in [0.1, 0.15) is 20.3 Å². The maximum atomic E-state index is 10.7. The van der Waals surface area contributed by atoms with Gasteiger partial charge in [0.15, 0.2) is 0 Å². The van der Waals surface area contributed by atoms with Gasteiger partial charge >= 0.3 is 11.8 Å². The van der Waals surface area contributed by atoms with Crippen molar-refractivity contribution in [3.63, 3.8) is 0 Å². The van der Waals surface area contributed by atoms with Crippen molar-refractivity contribution in [3.05, 3.63) is 0 Å². The Morgan fingerprint density at radius 3 is 2.54 bits per heavy atom. The Morgan fingerprint density at radius 2 is 2.15 bits per heavy atom. The number of hydrogen-bond donors (Lipinski definition) is 2. The first-order valence-electron chi connectivity index (χ1n) is 4.18. The average Bonchev–Trinajstić information content (AvgIpc) is 2.10. The van der Waals surface area contributed by atoms with Crippen LogP contribution in [0.5, 0.6) is 0 Å². The number of nitrogens with two attached hydrogens (primary N) is 1. The lowest BCUT2D eigenvalue weighted by Gasteiger charge is -2.32. The lowest BCUT2D eigenvalue weighted by Crippen LogP contribution is -2.38. The van der Waals surface area contributed by atoms with Crippen molar-refractivity contribution in [1.82, 2.24) is 5.43 Å². The van der Waals surface area contributed by atoms with E-state index >= 15 is 0 Å². The standard InChI is InChI=1S/C8H13N3O2/c1-4-3-6(5(4)2)10-11-8(13)7(9)12/h4-5H,3H2,1-2H3,(H2,9,12)(H,11,13)/b10-6+. The van der Waals surface area contributed by atoms with E-state index in [2.05, 4.69) is 17.5 Å². The molecular formula is C8H13N3O2. The highest BCUT2D eigenvalue weighted by molar-refractivity contribution is 6.34. The third kappa shape index (κ3) is 2.05. The number of carbonyl (C=O) groups excluding carboxylic acids is 2. The summed E-state index contributed by atoms with van der Waals surface area (Å²) in [4.78, 5) is 21.0. The molecule has 1 fully saturated rings. The Kier molecular flexibility index (Phi) is 2.65. The predicted octanol–water partition coefficient (Wildman–Crippen LogP) is -0.380. The first-order valence-corrected chi connectivity index (χ1v) is 4.18. The lowest BCUT2D eigenvalue weighted by atomic mass is 9.74. The Bertz CT molecular complexity index is 273.